The van der Waals surface area contributed by atoms with Crippen LogP contribution in [-0.4, -0.2) is 29.5 Å². The number of aromatic nitrogens is 2. The number of nitrogens with zero attached hydrogens (tertiary/aromatic N) is 2. The highest BCUT2D eigenvalue weighted by Gasteiger charge is 2.07. The van der Waals surface area contributed by atoms with Crippen molar-refractivity contribution in [3.05, 3.63) is 18.0 Å². The zero-order valence-corrected chi connectivity index (χ0v) is 10.6. The molecule has 0 amide bonds. The SMILES string of the molecule is CCCOCCCNC(C)c1ccnn1C. The van der Waals surface area contributed by atoms with E-state index in [2.05, 4.69) is 24.3 Å². The van der Waals surface area contributed by atoms with Crippen LogP contribution < -0.4 is 5.32 Å². The summed E-state index contributed by atoms with van der Waals surface area (Å²) in [5.74, 6) is 0. The van der Waals surface area contributed by atoms with Crippen LogP contribution in [0.2, 0.25) is 0 Å². The third-order valence-electron chi connectivity index (χ3n) is 2.57. The highest BCUT2D eigenvalue weighted by molar-refractivity contribution is 5.04. The van der Waals surface area contributed by atoms with E-state index in [-0.39, 0.29) is 0 Å². The molecule has 0 saturated carbocycles. The third kappa shape index (κ3) is 4.33. The molecule has 1 aromatic heterocycles. The minimum atomic E-state index is 0.346. The van der Waals surface area contributed by atoms with Gasteiger partial charge in [0.1, 0.15) is 0 Å². The fraction of sp³-hybridized carbons (Fsp3) is 0.750. The summed E-state index contributed by atoms with van der Waals surface area (Å²) in [5, 5.41) is 7.62. The quantitative estimate of drug-likeness (QED) is 0.687. The predicted octanol–water partition coefficient (Wildman–Crippen LogP) is 1.89. The van der Waals surface area contributed by atoms with Gasteiger partial charge in [0, 0.05) is 32.5 Å². The first kappa shape index (κ1) is 13.2. The first-order chi connectivity index (χ1) is 7.75. The largest absolute Gasteiger partial charge is 0.381 e. The Kier molecular flexibility index (Phi) is 6.11. The summed E-state index contributed by atoms with van der Waals surface area (Å²) < 4.78 is 7.33. The van der Waals surface area contributed by atoms with Gasteiger partial charge in [-0.25, -0.2) is 0 Å². The second-order valence-corrected chi connectivity index (χ2v) is 4.02. The first-order valence-corrected chi connectivity index (χ1v) is 6.04. The number of hydrogen-bond acceptors (Lipinski definition) is 3. The van der Waals surface area contributed by atoms with Crippen LogP contribution in [0, 0.1) is 0 Å². The molecule has 0 aliphatic heterocycles. The molecule has 1 N–H and O–H groups in total. The molecule has 92 valence electrons. The van der Waals surface area contributed by atoms with Crippen LogP contribution in [0.15, 0.2) is 12.3 Å². The molecule has 16 heavy (non-hydrogen) atoms. The van der Waals surface area contributed by atoms with E-state index in [4.69, 9.17) is 4.74 Å². The smallest absolute Gasteiger partial charge is 0.0547 e. The van der Waals surface area contributed by atoms with Crippen LogP contribution in [0.3, 0.4) is 0 Å². The summed E-state index contributed by atoms with van der Waals surface area (Å²) in [6, 6.07) is 2.39. The van der Waals surface area contributed by atoms with Crippen molar-refractivity contribution in [1.29, 1.82) is 0 Å². The molecule has 4 nitrogen and oxygen atoms in total. The lowest BCUT2D eigenvalue weighted by atomic mass is 10.2. The minimum Gasteiger partial charge on any atom is -0.381 e. The summed E-state index contributed by atoms with van der Waals surface area (Å²) in [7, 11) is 1.97. The molecule has 1 unspecified atom stereocenters. The number of nitrogens with one attached hydrogen (secondary N) is 1. The summed E-state index contributed by atoms with van der Waals surface area (Å²) in [6.45, 7) is 6.99. The van der Waals surface area contributed by atoms with Gasteiger partial charge in [-0.05, 0) is 32.4 Å². The normalized spacial score (nSPS) is 12.9. The molecule has 1 rings (SSSR count). The van der Waals surface area contributed by atoms with Crippen LogP contribution in [0.5, 0.6) is 0 Å². The van der Waals surface area contributed by atoms with Crippen molar-refractivity contribution in [3.8, 4) is 0 Å². The van der Waals surface area contributed by atoms with Crippen LogP contribution in [0.4, 0.5) is 0 Å². The molecule has 1 heterocycles. The van der Waals surface area contributed by atoms with Crippen molar-refractivity contribution in [2.75, 3.05) is 19.8 Å². The number of hydrogen-bond donors (Lipinski definition) is 1. The number of aryl methyl sites for hydroxylation is 1. The van der Waals surface area contributed by atoms with Crippen molar-refractivity contribution in [2.24, 2.45) is 7.05 Å². The van der Waals surface area contributed by atoms with Crippen molar-refractivity contribution in [3.63, 3.8) is 0 Å². The van der Waals surface area contributed by atoms with Gasteiger partial charge in [-0.15, -0.1) is 0 Å². The van der Waals surface area contributed by atoms with E-state index in [1.165, 1.54) is 5.69 Å². The van der Waals surface area contributed by atoms with Gasteiger partial charge in [-0.2, -0.15) is 5.10 Å². The van der Waals surface area contributed by atoms with Gasteiger partial charge in [-0.3, -0.25) is 4.68 Å². The Bertz CT molecular complexity index is 286. The lowest BCUT2D eigenvalue weighted by Gasteiger charge is -2.14. The molecular weight excluding hydrogens is 202 g/mol. The summed E-state index contributed by atoms with van der Waals surface area (Å²) in [4.78, 5) is 0. The van der Waals surface area contributed by atoms with E-state index < -0.39 is 0 Å². The van der Waals surface area contributed by atoms with E-state index >= 15 is 0 Å². The standard InChI is InChI=1S/C12H23N3O/c1-4-9-16-10-5-7-13-11(2)12-6-8-14-15(12)3/h6,8,11,13H,4-5,7,9-10H2,1-3H3. The van der Waals surface area contributed by atoms with Crippen molar-refractivity contribution >= 4 is 0 Å². The molecule has 0 bridgehead atoms. The van der Waals surface area contributed by atoms with Crippen LogP contribution >= 0.6 is 0 Å². The van der Waals surface area contributed by atoms with E-state index in [1.54, 1.807) is 0 Å². The molecule has 0 fully saturated rings. The summed E-state index contributed by atoms with van der Waals surface area (Å²) in [6.07, 6.45) is 3.99. The Morgan fingerprint density at radius 3 is 2.94 bits per heavy atom. The monoisotopic (exact) mass is 225 g/mol. The number of rotatable bonds is 8. The number of ether oxygens (including phenoxy) is 1. The van der Waals surface area contributed by atoms with Gasteiger partial charge >= 0.3 is 0 Å². The maximum Gasteiger partial charge on any atom is 0.0547 e. The van der Waals surface area contributed by atoms with Crippen molar-refractivity contribution < 1.29 is 4.74 Å². The molecule has 0 aromatic carbocycles. The molecule has 0 aliphatic carbocycles. The second-order valence-electron chi connectivity index (χ2n) is 4.02. The maximum absolute atomic E-state index is 5.42. The van der Waals surface area contributed by atoms with Gasteiger partial charge in [0.2, 0.25) is 0 Å². The van der Waals surface area contributed by atoms with Crippen molar-refractivity contribution in [2.45, 2.75) is 32.7 Å². The van der Waals surface area contributed by atoms with E-state index in [0.717, 1.165) is 32.6 Å². The first-order valence-electron chi connectivity index (χ1n) is 6.04. The topological polar surface area (TPSA) is 39.1 Å². The van der Waals surface area contributed by atoms with Gasteiger partial charge in [0.05, 0.1) is 5.69 Å². The highest BCUT2D eigenvalue weighted by atomic mass is 16.5. The average molecular weight is 225 g/mol. The van der Waals surface area contributed by atoms with Crippen molar-refractivity contribution in [1.82, 2.24) is 15.1 Å². The highest BCUT2D eigenvalue weighted by Crippen LogP contribution is 2.09. The second kappa shape index (κ2) is 7.41. The fourth-order valence-corrected chi connectivity index (χ4v) is 1.65. The molecular formula is C12H23N3O. The van der Waals surface area contributed by atoms with Gasteiger partial charge < -0.3 is 10.1 Å². The Morgan fingerprint density at radius 2 is 2.31 bits per heavy atom. The summed E-state index contributed by atoms with van der Waals surface area (Å²) in [5.41, 5.74) is 1.22. The lowest BCUT2D eigenvalue weighted by molar-refractivity contribution is 0.131. The molecule has 1 aromatic rings. The van der Waals surface area contributed by atoms with Gasteiger partial charge in [0.15, 0.2) is 0 Å². The molecule has 0 radical (unpaired) electrons. The summed E-state index contributed by atoms with van der Waals surface area (Å²) >= 11 is 0. The van der Waals surface area contributed by atoms with Gasteiger partial charge in [-0.1, -0.05) is 6.92 Å². The van der Waals surface area contributed by atoms with Gasteiger partial charge in [0.25, 0.3) is 0 Å². The Labute approximate surface area is 98.0 Å². The molecule has 0 saturated heterocycles. The molecule has 4 heteroatoms. The zero-order valence-electron chi connectivity index (χ0n) is 10.6. The maximum atomic E-state index is 5.42. The Hall–Kier alpha value is -0.870. The van der Waals surface area contributed by atoms with E-state index in [9.17, 15) is 0 Å². The van der Waals surface area contributed by atoms with Crippen LogP contribution in [0.1, 0.15) is 38.4 Å². The van der Waals surface area contributed by atoms with E-state index in [0.29, 0.717) is 6.04 Å². The molecule has 0 spiro atoms. The van der Waals surface area contributed by atoms with E-state index in [1.807, 2.05) is 24.0 Å². The fourth-order valence-electron chi connectivity index (χ4n) is 1.65. The minimum absolute atomic E-state index is 0.346. The molecule has 0 aliphatic rings. The third-order valence-corrected chi connectivity index (χ3v) is 2.57. The zero-order chi connectivity index (χ0) is 11.8. The van der Waals surface area contributed by atoms with Crippen LogP contribution in [0.25, 0.3) is 0 Å². The lowest BCUT2D eigenvalue weighted by Crippen LogP contribution is -2.23. The van der Waals surface area contributed by atoms with Crippen LogP contribution in [-0.2, 0) is 11.8 Å². The molecule has 1 atom stereocenters. The Balaban J connectivity index is 2.11. The average Bonchev–Trinajstić information content (AvgIpc) is 2.69. The Morgan fingerprint density at radius 1 is 1.50 bits per heavy atom. The predicted molar refractivity (Wildman–Crippen MR) is 65.4 cm³/mol.